The highest BCUT2D eigenvalue weighted by molar-refractivity contribution is 5.94. The first-order valence-corrected chi connectivity index (χ1v) is 6.07. The second kappa shape index (κ2) is 4.98. The Balaban J connectivity index is 2.01. The third-order valence-electron chi connectivity index (χ3n) is 3.25. The molecule has 10 heteroatoms. The summed E-state index contributed by atoms with van der Waals surface area (Å²) in [5.41, 5.74) is 0.593. The number of hydrogen-bond donors (Lipinski definition) is 1. The largest absolute Gasteiger partial charge is 0.479 e. The van der Waals surface area contributed by atoms with Gasteiger partial charge < -0.3 is 14.7 Å². The molecule has 1 saturated heterocycles. The minimum atomic E-state index is -1.06. The van der Waals surface area contributed by atoms with Crippen molar-refractivity contribution in [1.82, 2.24) is 10.3 Å². The molecule has 1 fully saturated rings. The van der Waals surface area contributed by atoms with E-state index < -0.39 is 17.0 Å². The maximum Gasteiger partial charge on any atom is 0.334 e. The van der Waals surface area contributed by atoms with E-state index in [-0.39, 0.29) is 29.9 Å². The number of anilines is 1. The van der Waals surface area contributed by atoms with E-state index in [4.69, 9.17) is 9.84 Å². The summed E-state index contributed by atoms with van der Waals surface area (Å²) in [6.07, 6.45) is -0.955. The Bertz CT molecular complexity index is 714. The third-order valence-corrected chi connectivity index (χ3v) is 3.25. The lowest BCUT2D eigenvalue weighted by Gasteiger charge is -2.32. The molecule has 2 aromatic rings. The summed E-state index contributed by atoms with van der Waals surface area (Å²) >= 11 is 0. The Morgan fingerprint density at radius 2 is 2.19 bits per heavy atom. The van der Waals surface area contributed by atoms with Crippen molar-refractivity contribution in [2.45, 2.75) is 6.10 Å². The number of hydrogen-bond acceptors (Lipinski definition) is 8. The lowest BCUT2D eigenvalue weighted by atomic mass is 10.2. The molecule has 21 heavy (non-hydrogen) atoms. The van der Waals surface area contributed by atoms with Crippen molar-refractivity contribution < 1.29 is 24.2 Å². The minimum absolute atomic E-state index is 0.0378. The SMILES string of the molecule is O=C(O)C1CN(c2ccc([N+](=O)[O-])c3nonc23)CCO1. The van der Waals surface area contributed by atoms with E-state index in [1.54, 1.807) is 4.90 Å². The molecule has 0 radical (unpaired) electrons. The van der Waals surface area contributed by atoms with E-state index in [1.807, 2.05) is 0 Å². The van der Waals surface area contributed by atoms with Crippen molar-refractivity contribution in [2.75, 3.05) is 24.6 Å². The first kappa shape index (κ1) is 13.2. The van der Waals surface area contributed by atoms with E-state index in [2.05, 4.69) is 14.9 Å². The summed E-state index contributed by atoms with van der Waals surface area (Å²) in [6.45, 7) is 0.805. The van der Waals surface area contributed by atoms with Gasteiger partial charge in [0.05, 0.1) is 23.8 Å². The molecule has 1 atom stereocenters. The average Bonchev–Trinajstić information content (AvgIpc) is 2.95. The number of nitro benzene ring substituents is 1. The molecule has 1 unspecified atom stereocenters. The summed E-state index contributed by atoms with van der Waals surface area (Å²) in [4.78, 5) is 23.1. The van der Waals surface area contributed by atoms with Gasteiger partial charge in [-0.3, -0.25) is 10.1 Å². The number of carboxylic acid groups (broad SMARTS) is 1. The van der Waals surface area contributed by atoms with Gasteiger partial charge in [-0.1, -0.05) is 0 Å². The van der Waals surface area contributed by atoms with Crippen molar-refractivity contribution in [3.05, 3.63) is 22.2 Å². The Hall–Kier alpha value is -2.75. The zero-order valence-electron chi connectivity index (χ0n) is 10.6. The van der Waals surface area contributed by atoms with Gasteiger partial charge in [-0.2, -0.15) is 0 Å². The lowest BCUT2D eigenvalue weighted by molar-refractivity contribution is -0.383. The molecule has 110 valence electrons. The summed E-state index contributed by atoms with van der Waals surface area (Å²) in [7, 11) is 0. The number of benzene rings is 1. The zero-order valence-corrected chi connectivity index (χ0v) is 10.6. The van der Waals surface area contributed by atoms with Gasteiger partial charge in [0.15, 0.2) is 11.6 Å². The molecule has 0 spiro atoms. The number of aromatic nitrogens is 2. The highest BCUT2D eigenvalue weighted by Crippen LogP contribution is 2.31. The number of carboxylic acids is 1. The van der Waals surface area contributed by atoms with Gasteiger partial charge in [-0.05, 0) is 16.4 Å². The highest BCUT2D eigenvalue weighted by atomic mass is 16.6. The van der Waals surface area contributed by atoms with Crippen LogP contribution in [0.3, 0.4) is 0 Å². The molecule has 10 nitrogen and oxygen atoms in total. The number of non-ortho nitro benzene ring substituents is 1. The minimum Gasteiger partial charge on any atom is -0.479 e. The number of rotatable bonds is 3. The molecule has 2 heterocycles. The van der Waals surface area contributed by atoms with E-state index >= 15 is 0 Å². The van der Waals surface area contributed by atoms with Crippen molar-refractivity contribution in [2.24, 2.45) is 0 Å². The average molecular weight is 294 g/mol. The normalized spacial score (nSPS) is 18.9. The van der Waals surface area contributed by atoms with E-state index in [0.717, 1.165) is 0 Å². The second-order valence-corrected chi connectivity index (χ2v) is 4.47. The number of nitrogens with zero attached hydrogens (tertiary/aromatic N) is 4. The molecule has 1 aliphatic rings. The Labute approximate surface area is 117 Å². The van der Waals surface area contributed by atoms with E-state index in [0.29, 0.717) is 12.2 Å². The zero-order chi connectivity index (χ0) is 15.0. The fourth-order valence-electron chi connectivity index (χ4n) is 2.26. The fraction of sp³-hybridized carbons (Fsp3) is 0.364. The van der Waals surface area contributed by atoms with Crippen LogP contribution in [-0.2, 0) is 9.53 Å². The van der Waals surface area contributed by atoms with E-state index in [1.165, 1.54) is 12.1 Å². The molecule has 0 bridgehead atoms. The fourth-order valence-corrected chi connectivity index (χ4v) is 2.26. The van der Waals surface area contributed by atoms with Crippen LogP contribution in [0.4, 0.5) is 11.4 Å². The topological polar surface area (TPSA) is 132 Å². The highest BCUT2D eigenvalue weighted by Gasteiger charge is 2.29. The standard InChI is InChI=1S/C11H10N4O6/c16-11(17)8-5-14(3-4-20-8)6-1-2-7(15(18)19)10-9(6)12-21-13-10/h1-2,8H,3-5H2,(H,16,17). The van der Waals surface area contributed by atoms with Crippen LogP contribution in [0.25, 0.3) is 11.0 Å². The van der Waals surface area contributed by atoms with Crippen LogP contribution in [0.2, 0.25) is 0 Å². The number of morpholine rings is 1. The predicted octanol–water partition coefficient (Wildman–Crippen LogP) is 0.421. The second-order valence-electron chi connectivity index (χ2n) is 4.47. The smallest absolute Gasteiger partial charge is 0.334 e. The van der Waals surface area contributed by atoms with Gasteiger partial charge >= 0.3 is 11.7 Å². The Morgan fingerprint density at radius 1 is 1.43 bits per heavy atom. The Morgan fingerprint density at radius 3 is 2.90 bits per heavy atom. The summed E-state index contributed by atoms with van der Waals surface area (Å²) < 4.78 is 9.72. The molecule has 1 aromatic heterocycles. The summed E-state index contributed by atoms with van der Waals surface area (Å²) in [6, 6.07) is 2.81. The number of fused-ring (bicyclic) bond motifs is 1. The number of aliphatic carboxylic acids is 1. The number of carbonyl (C=O) groups is 1. The van der Waals surface area contributed by atoms with Gasteiger partial charge in [-0.15, -0.1) is 0 Å². The van der Waals surface area contributed by atoms with Crippen LogP contribution >= 0.6 is 0 Å². The molecular weight excluding hydrogens is 284 g/mol. The summed E-state index contributed by atoms with van der Waals surface area (Å²) in [5, 5.41) is 27.2. The van der Waals surface area contributed by atoms with Crippen LogP contribution in [0.1, 0.15) is 0 Å². The Kier molecular flexibility index (Phi) is 3.14. The molecule has 0 amide bonds. The van der Waals surface area contributed by atoms with Crippen LogP contribution < -0.4 is 4.90 Å². The monoisotopic (exact) mass is 294 g/mol. The number of nitro groups is 1. The quantitative estimate of drug-likeness (QED) is 0.631. The molecule has 0 saturated carbocycles. The molecule has 1 N–H and O–H groups in total. The molecule has 1 aromatic carbocycles. The molecule has 0 aliphatic carbocycles. The number of ether oxygens (including phenoxy) is 1. The van der Waals surface area contributed by atoms with Crippen molar-refractivity contribution in [1.29, 1.82) is 0 Å². The third kappa shape index (κ3) is 2.25. The first-order valence-electron chi connectivity index (χ1n) is 6.07. The van der Waals surface area contributed by atoms with Crippen LogP contribution in [0, 0.1) is 10.1 Å². The summed E-state index contributed by atoms with van der Waals surface area (Å²) in [5.74, 6) is -1.06. The van der Waals surface area contributed by atoms with Crippen molar-refractivity contribution in [3.8, 4) is 0 Å². The van der Waals surface area contributed by atoms with Crippen molar-refractivity contribution in [3.63, 3.8) is 0 Å². The first-order chi connectivity index (χ1) is 10.1. The van der Waals surface area contributed by atoms with Crippen molar-refractivity contribution >= 4 is 28.4 Å². The van der Waals surface area contributed by atoms with Gasteiger partial charge in [0.25, 0.3) is 0 Å². The van der Waals surface area contributed by atoms with Gasteiger partial charge in [0.2, 0.25) is 5.52 Å². The maximum absolute atomic E-state index is 11.0. The maximum atomic E-state index is 11.0. The molecular formula is C11H10N4O6. The van der Waals surface area contributed by atoms with Crippen LogP contribution in [0.5, 0.6) is 0 Å². The molecule has 3 rings (SSSR count). The van der Waals surface area contributed by atoms with Gasteiger partial charge in [-0.25, -0.2) is 9.42 Å². The van der Waals surface area contributed by atoms with Gasteiger partial charge in [0, 0.05) is 12.6 Å². The van der Waals surface area contributed by atoms with E-state index in [9.17, 15) is 14.9 Å². The van der Waals surface area contributed by atoms with Crippen LogP contribution in [-0.4, -0.2) is 52.1 Å². The van der Waals surface area contributed by atoms with Gasteiger partial charge in [0.1, 0.15) is 0 Å². The van der Waals surface area contributed by atoms with Crippen LogP contribution in [0.15, 0.2) is 16.8 Å². The predicted molar refractivity (Wildman–Crippen MR) is 68.0 cm³/mol. The lowest BCUT2D eigenvalue weighted by Crippen LogP contribution is -2.46. The molecule has 1 aliphatic heterocycles.